The van der Waals surface area contributed by atoms with Crippen molar-refractivity contribution in [3.8, 4) is 0 Å². The molecule has 20 nitrogen and oxygen atoms in total. The number of carbonyl (C=O) groups excluding carboxylic acids is 6. The molecule has 13 N–H and O–H groups in total. The minimum absolute atomic E-state index is 0.00515. The van der Waals surface area contributed by atoms with Crippen molar-refractivity contribution in [3.63, 3.8) is 0 Å². The molecule has 4 aromatic rings. The van der Waals surface area contributed by atoms with E-state index in [1.54, 1.807) is 42.7 Å². The van der Waals surface area contributed by atoms with Crippen molar-refractivity contribution >= 4 is 58.3 Å². The van der Waals surface area contributed by atoms with Gasteiger partial charge < -0.3 is 58.0 Å². The fourth-order valence-electron chi connectivity index (χ4n) is 6.84. The number of para-hydroxylation sites is 1. The number of carbonyl (C=O) groups is 7. The first-order valence-electron chi connectivity index (χ1n) is 20.7. The van der Waals surface area contributed by atoms with Gasteiger partial charge >= 0.3 is 5.97 Å². The smallest absolute Gasteiger partial charge is 0.326 e. The molecule has 2 heterocycles. The van der Waals surface area contributed by atoms with E-state index in [9.17, 15) is 38.7 Å². The quantitative estimate of drug-likeness (QED) is 0.0258. The highest BCUT2D eigenvalue weighted by Crippen LogP contribution is 2.19. The number of nitrogens with zero attached hydrogens (tertiary/aromatic N) is 1. The predicted octanol–water partition coefficient (Wildman–Crippen LogP) is 0.261. The Morgan fingerprint density at radius 1 is 0.714 bits per heavy atom. The molecule has 0 radical (unpaired) electrons. The van der Waals surface area contributed by atoms with Crippen LogP contribution in [0.15, 0.2) is 73.3 Å². The van der Waals surface area contributed by atoms with Gasteiger partial charge in [0.25, 0.3) is 0 Å². The van der Waals surface area contributed by atoms with Crippen LogP contribution in [0.3, 0.4) is 0 Å². The van der Waals surface area contributed by atoms with Gasteiger partial charge in [-0.1, -0.05) is 62.4 Å². The molecule has 0 aliphatic rings. The minimum Gasteiger partial charge on any atom is -0.480 e. The third-order valence-electron chi connectivity index (χ3n) is 10.0. The maximum absolute atomic E-state index is 14.2. The standard InChI is InChI=1S/C43H58N12O8/c1-24(2)17-33(53-37(57)25(3)50-39(59)35(51-26(4)56)20-29-22-46-23-49-29)40(60)52-32(15-10-16-47-43(44)45)38(58)54-34(18-27-11-6-5-7-12-27)41(61)55-36(42(62)63)19-28-21-48-31-14-9-8-13-30(28)31/h5-9,11-14,21-25,32-36,48H,10,15-20H2,1-4H3,(H,46,49)(H,50,59)(H,51,56)(H,52,60)(H,53,57)(H,54,58)(H,55,61)(H,62,63)(H4,44,45,47)/t25-,32-,33-,34-,35-,36-/m0/s1. The van der Waals surface area contributed by atoms with Gasteiger partial charge in [0.15, 0.2) is 5.96 Å². The van der Waals surface area contributed by atoms with Crippen molar-refractivity contribution in [2.45, 2.75) is 102 Å². The molecule has 0 fully saturated rings. The Kier molecular flexibility index (Phi) is 18.2. The first kappa shape index (κ1) is 48.4. The SMILES string of the molecule is CC(=O)N[C@@H](Cc1c[nH]cn1)C(=O)N[C@@H](C)C(=O)N[C@@H](CC(C)C)C(=O)N[C@@H](CCCNC(=N)N)C(=O)N[C@@H](Cc1ccccc1)C(=O)N[C@@H](Cc1c[nH]c2ccccc12)C(=O)O. The maximum atomic E-state index is 14.2. The molecule has 0 bridgehead atoms. The monoisotopic (exact) mass is 870 g/mol. The van der Waals surface area contributed by atoms with Gasteiger partial charge in [0.2, 0.25) is 35.4 Å². The normalized spacial score (nSPS) is 13.9. The summed E-state index contributed by atoms with van der Waals surface area (Å²) in [5, 5.41) is 37.0. The van der Waals surface area contributed by atoms with Crippen LogP contribution in [0.2, 0.25) is 0 Å². The fraction of sp³-hybridized carbons (Fsp3) is 0.419. The van der Waals surface area contributed by atoms with E-state index in [-0.39, 0.29) is 56.9 Å². The summed E-state index contributed by atoms with van der Waals surface area (Å²) < 4.78 is 0. The van der Waals surface area contributed by atoms with Gasteiger partial charge in [-0.2, -0.15) is 0 Å². The summed E-state index contributed by atoms with van der Waals surface area (Å²) >= 11 is 0. The van der Waals surface area contributed by atoms with E-state index in [2.05, 4.69) is 52.2 Å². The van der Waals surface area contributed by atoms with Crippen LogP contribution in [0.25, 0.3) is 10.9 Å². The molecular weight excluding hydrogens is 813 g/mol. The Bertz CT molecular complexity index is 2190. The summed E-state index contributed by atoms with van der Waals surface area (Å²) in [4.78, 5) is 103. The van der Waals surface area contributed by atoms with Crippen LogP contribution in [-0.4, -0.2) is 110 Å². The van der Waals surface area contributed by atoms with E-state index in [1.165, 1.54) is 20.2 Å². The number of H-pyrrole nitrogens is 2. The van der Waals surface area contributed by atoms with Gasteiger partial charge in [-0.25, -0.2) is 9.78 Å². The third-order valence-corrected chi connectivity index (χ3v) is 10.0. The topological polar surface area (TPSA) is 318 Å². The second-order valence-electron chi connectivity index (χ2n) is 15.7. The number of amides is 6. The highest BCUT2D eigenvalue weighted by atomic mass is 16.4. The minimum atomic E-state index is -1.36. The largest absolute Gasteiger partial charge is 0.480 e. The van der Waals surface area contributed by atoms with E-state index < -0.39 is 77.7 Å². The second kappa shape index (κ2) is 23.7. The zero-order valence-electron chi connectivity index (χ0n) is 35.7. The van der Waals surface area contributed by atoms with Crippen LogP contribution in [-0.2, 0) is 52.8 Å². The summed E-state index contributed by atoms with van der Waals surface area (Å²) in [7, 11) is 0. The lowest BCUT2D eigenvalue weighted by molar-refractivity contribution is -0.142. The third kappa shape index (κ3) is 15.6. The van der Waals surface area contributed by atoms with Gasteiger partial charge in [-0.05, 0) is 49.3 Å². The Labute approximate surface area is 364 Å². The van der Waals surface area contributed by atoms with Crippen LogP contribution in [0.1, 0.15) is 63.8 Å². The number of benzene rings is 2. The molecule has 0 saturated carbocycles. The van der Waals surface area contributed by atoms with Crippen molar-refractivity contribution in [2.75, 3.05) is 6.54 Å². The Morgan fingerprint density at radius 3 is 1.97 bits per heavy atom. The molecule has 6 amide bonds. The van der Waals surface area contributed by atoms with Crippen LogP contribution in [0, 0.1) is 11.3 Å². The second-order valence-corrected chi connectivity index (χ2v) is 15.7. The van der Waals surface area contributed by atoms with Crippen molar-refractivity contribution in [2.24, 2.45) is 11.7 Å². The first-order valence-corrected chi connectivity index (χ1v) is 20.7. The summed E-state index contributed by atoms with van der Waals surface area (Å²) in [5.74, 6) is -5.79. The van der Waals surface area contributed by atoms with E-state index >= 15 is 0 Å². The maximum Gasteiger partial charge on any atom is 0.326 e. The number of aromatic amines is 2. The zero-order valence-corrected chi connectivity index (χ0v) is 35.7. The molecule has 0 aliphatic heterocycles. The lowest BCUT2D eigenvalue weighted by Gasteiger charge is -2.27. The number of nitrogens with one attached hydrogen (secondary N) is 10. The number of carboxylic acid groups (broad SMARTS) is 1. The number of imidazole rings is 1. The molecule has 338 valence electrons. The number of fused-ring (bicyclic) bond motifs is 1. The average Bonchev–Trinajstić information content (AvgIpc) is 3.90. The number of guanidine groups is 1. The van der Waals surface area contributed by atoms with Crippen LogP contribution < -0.4 is 43.0 Å². The molecule has 0 aliphatic carbocycles. The number of rotatable bonds is 24. The van der Waals surface area contributed by atoms with Crippen molar-refractivity contribution in [1.82, 2.24) is 52.2 Å². The Morgan fingerprint density at radius 2 is 1.32 bits per heavy atom. The average molecular weight is 871 g/mol. The lowest BCUT2D eigenvalue weighted by atomic mass is 10.0. The fourth-order valence-corrected chi connectivity index (χ4v) is 6.84. The van der Waals surface area contributed by atoms with Crippen LogP contribution >= 0.6 is 0 Å². The van der Waals surface area contributed by atoms with E-state index in [4.69, 9.17) is 11.1 Å². The van der Waals surface area contributed by atoms with E-state index in [0.717, 1.165) is 10.9 Å². The molecule has 63 heavy (non-hydrogen) atoms. The summed E-state index contributed by atoms with van der Waals surface area (Å²) in [5.41, 5.74) is 8.09. The lowest BCUT2D eigenvalue weighted by Crippen LogP contribution is -2.59. The summed E-state index contributed by atoms with van der Waals surface area (Å²) in [6.07, 6.45) is 5.03. The van der Waals surface area contributed by atoms with E-state index in [0.29, 0.717) is 16.8 Å². The Balaban J connectivity index is 1.52. The van der Waals surface area contributed by atoms with Crippen molar-refractivity contribution < 1.29 is 38.7 Å². The molecule has 0 spiro atoms. The highest BCUT2D eigenvalue weighted by Gasteiger charge is 2.33. The number of carboxylic acids is 1. The van der Waals surface area contributed by atoms with Crippen molar-refractivity contribution in [3.05, 3.63) is 90.1 Å². The van der Waals surface area contributed by atoms with Gasteiger partial charge in [0.05, 0.1) is 12.0 Å². The van der Waals surface area contributed by atoms with Crippen molar-refractivity contribution in [1.29, 1.82) is 5.41 Å². The molecule has 6 atom stereocenters. The number of aromatic nitrogens is 3. The first-order chi connectivity index (χ1) is 30.0. The van der Waals surface area contributed by atoms with Gasteiger partial charge in [-0.15, -0.1) is 0 Å². The molecule has 2 aromatic carbocycles. The Hall–Kier alpha value is -7.25. The molecule has 4 rings (SSSR count). The molecular formula is C43H58N12O8. The highest BCUT2D eigenvalue weighted by molar-refractivity contribution is 5.97. The summed E-state index contributed by atoms with van der Waals surface area (Å²) in [6, 6.07) is 8.84. The molecule has 2 aromatic heterocycles. The van der Waals surface area contributed by atoms with Gasteiger partial charge in [0.1, 0.15) is 36.3 Å². The zero-order chi connectivity index (χ0) is 46.1. The predicted molar refractivity (Wildman–Crippen MR) is 234 cm³/mol. The summed E-state index contributed by atoms with van der Waals surface area (Å²) in [6.45, 7) is 6.50. The number of hydrogen-bond donors (Lipinski definition) is 12. The number of nitrogens with two attached hydrogens (primary N) is 1. The number of hydrogen-bond acceptors (Lipinski definition) is 9. The molecule has 20 heteroatoms. The molecule has 0 saturated heterocycles. The van der Waals surface area contributed by atoms with Crippen LogP contribution in [0.4, 0.5) is 0 Å². The van der Waals surface area contributed by atoms with Gasteiger partial charge in [-0.3, -0.25) is 34.2 Å². The number of aliphatic carboxylic acids is 1. The van der Waals surface area contributed by atoms with Crippen LogP contribution in [0.5, 0.6) is 0 Å². The van der Waals surface area contributed by atoms with E-state index in [1.807, 2.05) is 38.1 Å². The molecule has 0 unspecified atom stereocenters. The van der Waals surface area contributed by atoms with Gasteiger partial charge in [0, 0.05) is 56.0 Å².